The predicted molar refractivity (Wildman–Crippen MR) is 115 cm³/mol. The van der Waals surface area contributed by atoms with Crippen LogP contribution in [0.15, 0.2) is 39.8 Å². The van der Waals surface area contributed by atoms with Gasteiger partial charge in [-0.2, -0.15) is 18.3 Å². The largest absolute Gasteiger partial charge is 0.466 e. The lowest BCUT2D eigenvalue weighted by atomic mass is 10.1. The number of aromatic amines is 1. The maximum Gasteiger partial charge on any atom is 0.417 e. The molecule has 4 rings (SSSR count). The van der Waals surface area contributed by atoms with Crippen molar-refractivity contribution in [2.24, 2.45) is 0 Å². The van der Waals surface area contributed by atoms with E-state index in [0.717, 1.165) is 0 Å². The fourth-order valence-corrected chi connectivity index (χ4v) is 3.54. The number of pyridine rings is 2. The molecule has 0 radical (unpaired) electrons. The summed E-state index contributed by atoms with van der Waals surface area (Å²) in [7, 11) is 0. The number of nitrogens with zero attached hydrogens (tertiary/aromatic N) is 3. The van der Waals surface area contributed by atoms with E-state index < -0.39 is 28.9 Å². The topological polar surface area (TPSA) is 106 Å². The number of halogens is 3. The Labute approximate surface area is 185 Å². The summed E-state index contributed by atoms with van der Waals surface area (Å²) in [6.07, 6.45) is -2.67. The van der Waals surface area contributed by atoms with Crippen molar-refractivity contribution in [1.29, 1.82) is 0 Å². The van der Waals surface area contributed by atoms with Gasteiger partial charge in [-0.3, -0.25) is 9.59 Å². The molecule has 1 amide bonds. The average Bonchev–Trinajstić information content (AvgIpc) is 3.30. The molecule has 4 heterocycles. The van der Waals surface area contributed by atoms with Crippen molar-refractivity contribution in [3.63, 3.8) is 0 Å². The maximum atomic E-state index is 13.2. The second-order valence-electron chi connectivity index (χ2n) is 7.89. The molecule has 8 nitrogen and oxygen atoms in total. The molecular weight excluding hydrogens is 439 g/mol. The van der Waals surface area contributed by atoms with E-state index in [4.69, 9.17) is 4.42 Å². The first-order valence-corrected chi connectivity index (χ1v) is 10.0. The smallest absolute Gasteiger partial charge is 0.417 e. The second-order valence-corrected chi connectivity index (χ2v) is 7.89. The highest BCUT2D eigenvalue weighted by Crippen LogP contribution is 2.31. The minimum absolute atomic E-state index is 0.0698. The lowest BCUT2D eigenvalue weighted by Crippen LogP contribution is -2.22. The van der Waals surface area contributed by atoms with Gasteiger partial charge in [0, 0.05) is 17.8 Å². The Morgan fingerprint density at radius 3 is 2.55 bits per heavy atom. The lowest BCUT2D eigenvalue weighted by molar-refractivity contribution is -0.137. The number of aromatic nitrogens is 4. The lowest BCUT2D eigenvalue weighted by Gasteiger charge is -2.11. The van der Waals surface area contributed by atoms with E-state index in [1.54, 1.807) is 24.6 Å². The number of furan rings is 1. The number of nitrogens with one attached hydrogen (secondary N) is 2. The van der Waals surface area contributed by atoms with Crippen molar-refractivity contribution in [2.75, 3.05) is 5.32 Å². The molecule has 0 spiro atoms. The third-order valence-electron chi connectivity index (χ3n) is 5.10. The number of carbonyl (C=O) groups is 1. The molecule has 4 aromatic heterocycles. The summed E-state index contributed by atoms with van der Waals surface area (Å²) < 4.78 is 46.4. The molecule has 0 bridgehead atoms. The van der Waals surface area contributed by atoms with E-state index in [1.807, 2.05) is 18.8 Å². The van der Waals surface area contributed by atoms with E-state index >= 15 is 0 Å². The van der Waals surface area contributed by atoms with Crippen LogP contribution in [-0.2, 0) is 6.18 Å². The third-order valence-corrected chi connectivity index (χ3v) is 5.10. The molecule has 0 aliphatic carbocycles. The van der Waals surface area contributed by atoms with Gasteiger partial charge in [0.2, 0.25) is 0 Å². The van der Waals surface area contributed by atoms with Crippen molar-refractivity contribution in [3.8, 4) is 11.3 Å². The fourth-order valence-electron chi connectivity index (χ4n) is 3.54. The molecule has 0 aliphatic heterocycles. The summed E-state index contributed by atoms with van der Waals surface area (Å²) in [6.45, 7) is 7.34. The predicted octanol–water partition coefficient (Wildman–Crippen LogP) is 4.85. The van der Waals surface area contributed by atoms with Gasteiger partial charge in [-0.1, -0.05) is 0 Å². The van der Waals surface area contributed by atoms with Crippen LogP contribution in [0.5, 0.6) is 0 Å². The van der Waals surface area contributed by atoms with E-state index in [-0.39, 0.29) is 11.6 Å². The first-order chi connectivity index (χ1) is 15.5. The highest BCUT2D eigenvalue weighted by atomic mass is 19.4. The summed E-state index contributed by atoms with van der Waals surface area (Å²) in [6, 6.07) is 3.80. The molecule has 0 saturated heterocycles. The molecule has 0 aliphatic rings. The van der Waals surface area contributed by atoms with Gasteiger partial charge in [-0.25, -0.2) is 9.67 Å². The highest BCUT2D eigenvalue weighted by Gasteiger charge is 2.31. The Morgan fingerprint density at radius 1 is 1.21 bits per heavy atom. The first-order valence-electron chi connectivity index (χ1n) is 10.0. The molecule has 33 heavy (non-hydrogen) atoms. The van der Waals surface area contributed by atoms with Crippen LogP contribution >= 0.6 is 0 Å². The number of H-pyrrole nitrogens is 1. The van der Waals surface area contributed by atoms with Crippen LogP contribution in [0.25, 0.3) is 22.3 Å². The third kappa shape index (κ3) is 4.13. The highest BCUT2D eigenvalue weighted by molar-refractivity contribution is 6.12. The van der Waals surface area contributed by atoms with Gasteiger partial charge in [0.05, 0.1) is 28.4 Å². The summed E-state index contributed by atoms with van der Waals surface area (Å²) >= 11 is 0. The molecule has 0 unspecified atom stereocenters. The van der Waals surface area contributed by atoms with Crippen LogP contribution in [0.2, 0.25) is 0 Å². The van der Waals surface area contributed by atoms with E-state index in [1.165, 1.54) is 12.3 Å². The number of amides is 1. The average molecular weight is 459 g/mol. The normalized spacial score (nSPS) is 12.0. The fraction of sp³-hybridized carbons (Fsp3) is 0.273. The number of hydrogen-bond donors (Lipinski definition) is 2. The molecule has 2 N–H and O–H groups in total. The molecule has 11 heteroatoms. The Kier molecular flexibility index (Phi) is 5.35. The number of hydrogen-bond acceptors (Lipinski definition) is 5. The quantitative estimate of drug-likeness (QED) is 0.454. The van der Waals surface area contributed by atoms with Gasteiger partial charge in [-0.05, 0) is 45.9 Å². The van der Waals surface area contributed by atoms with Crippen molar-refractivity contribution in [1.82, 2.24) is 19.7 Å². The van der Waals surface area contributed by atoms with Crippen molar-refractivity contribution in [3.05, 3.63) is 63.6 Å². The number of carbonyl (C=O) groups excluding carboxylic acids is 1. The Morgan fingerprint density at radius 2 is 1.94 bits per heavy atom. The van der Waals surface area contributed by atoms with E-state index in [2.05, 4.69) is 15.4 Å². The molecule has 0 aromatic carbocycles. The van der Waals surface area contributed by atoms with E-state index in [9.17, 15) is 22.8 Å². The van der Waals surface area contributed by atoms with Gasteiger partial charge in [0.1, 0.15) is 17.2 Å². The Balaban J connectivity index is 1.86. The number of rotatable bonds is 4. The van der Waals surface area contributed by atoms with Crippen LogP contribution in [0.4, 0.5) is 18.9 Å². The van der Waals surface area contributed by atoms with Crippen LogP contribution in [-0.4, -0.2) is 25.7 Å². The number of fused-ring (bicyclic) bond motifs is 1. The van der Waals surface area contributed by atoms with Crippen LogP contribution < -0.4 is 10.9 Å². The zero-order chi connectivity index (χ0) is 24.1. The zero-order valence-electron chi connectivity index (χ0n) is 18.2. The van der Waals surface area contributed by atoms with Crippen LogP contribution in [0.3, 0.4) is 0 Å². The SMILES string of the molecule is Cc1cc(-c2cc(C(=O)Nc3cc(C(F)(F)F)c[nH]c3=O)c3cnn(C(C)C)c3n2)c(C)o1. The van der Waals surface area contributed by atoms with E-state index in [0.29, 0.717) is 46.1 Å². The van der Waals surface area contributed by atoms with Gasteiger partial charge in [0.15, 0.2) is 5.65 Å². The minimum atomic E-state index is -4.68. The Bertz CT molecular complexity index is 1430. The van der Waals surface area contributed by atoms with Gasteiger partial charge in [0.25, 0.3) is 11.5 Å². The number of aryl methyl sites for hydroxylation is 2. The molecular formula is C22H20F3N5O3. The number of anilines is 1. The Hall–Kier alpha value is -3.89. The van der Waals surface area contributed by atoms with Gasteiger partial charge >= 0.3 is 6.18 Å². The number of alkyl halides is 3. The molecule has 0 atom stereocenters. The van der Waals surface area contributed by atoms with Crippen molar-refractivity contribution >= 4 is 22.6 Å². The molecule has 4 aromatic rings. The summed E-state index contributed by atoms with van der Waals surface area (Å²) in [5, 5.41) is 7.00. The summed E-state index contributed by atoms with van der Waals surface area (Å²) in [5.74, 6) is 0.480. The standard InChI is InChI=1S/C22H20F3N5O3/c1-10(2)30-19-16(9-27-30)15(7-17(28-19)14-5-11(3)33-12(14)4)20(31)29-18-6-13(22(23,24)25)8-26-21(18)32/h5-10H,1-4H3,(H,26,32)(H,29,31). The van der Waals surface area contributed by atoms with Crippen molar-refractivity contribution < 1.29 is 22.4 Å². The summed E-state index contributed by atoms with van der Waals surface area (Å²) in [4.78, 5) is 31.9. The first kappa shape index (κ1) is 22.3. The van der Waals surface area contributed by atoms with Crippen LogP contribution in [0, 0.1) is 13.8 Å². The van der Waals surface area contributed by atoms with Crippen molar-refractivity contribution in [2.45, 2.75) is 39.9 Å². The molecule has 0 saturated carbocycles. The van der Waals surface area contributed by atoms with Gasteiger partial charge < -0.3 is 14.7 Å². The summed E-state index contributed by atoms with van der Waals surface area (Å²) in [5.41, 5.74) is -0.843. The molecule has 0 fully saturated rings. The zero-order valence-corrected chi connectivity index (χ0v) is 18.2. The second kappa shape index (κ2) is 7.91. The molecule has 172 valence electrons. The van der Waals surface area contributed by atoms with Gasteiger partial charge in [-0.15, -0.1) is 0 Å². The minimum Gasteiger partial charge on any atom is -0.466 e. The monoisotopic (exact) mass is 459 g/mol. The van der Waals surface area contributed by atoms with Crippen LogP contribution in [0.1, 0.15) is 47.3 Å². The maximum absolute atomic E-state index is 13.2.